The van der Waals surface area contributed by atoms with Gasteiger partial charge in [0.2, 0.25) is 0 Å². The molecule has 4 nitrogen and oxygen atoms in total. The monoisotopic (exact) mass is 341 g/mol. The van der Waals surface area contributed by atoms with E-state index in [9.17, 15) is 0 Å². The molecule has 0 amide bonds. The minimum Gasteiger partial charge on any atom is -0.491 e. The van der Waals surface area contributed by atoms with Crippen LogP contribution in [-0.2, 0) is 15.9 Å². The van der Waals surface area contributed by atoms with E-state index in [-0.39, 0.29) is 0 Å². The molecule has 1 aliphatic heterocycles. The summed E-state index contributed by atoms with van der Waals surface area (Å²) in [6.07, 6.45) is 1.52. The van der Waals surface area contributed by atoms with E-state index < -0.39 is 0 Å². The number of aryl methyl sites for hydroxylation is 1. The van der Waals surface area contributed by atoms with Crippen LogP contribution in [0, 0.1) is 0 Å². The Morgan fingerprint density at radius 1 is 1.17 bits per heavy atom. The average molecular weight is 342 g/mol. The maximum absolute atomic E-state index is 6.10. The molecule has 5 heteroatoms. The highest BCUT2D eigenvalue weighted by Crippen LogP contribution is 2.22. The first-order chi connectivity index (χ1) is 11.1. The minimum absolute atomic E-state index is 0.305. The first kappa shape index (κ1) is 18.5. The summed E-state index contributed by atoms with van der Waals surface area (Å²) in [4.78, 5) is 2.40. The van der Waals surface area contributed by atoms with Gasteiger partial charge in [-0.05, 0) is 44.0 Å². The Kier molecular flexibility index (Phi) is 7.63. The van der Waals surface area contributed by atoms with Gasteiger partial charge >= 0.3 is 0 Å². The van der Waals surface area contributed by atoms with E-state index in [2.05, 4.69) is 25.7 Å². The molecule has 23 heavy (non-hydrogen) atoms. The number of rotatable bonds is 8. The third-order valence-corrected chi connectivity index (χ3v) is 4.31. The molecule has 1 heterocycles. The normalized spacial score (nSPS) is 22.3. The van der Waals surface area contributed by atoms with Crippen molar-refractivity contribution in [3.05, 3.63) is 28.8 Å². The van der Waals surface area contributed by atoms with Gasteiger partial charge in [-0.1, -0.05) is 18.5 Å². The number of morpholine rings is 1. The van der Waals surface area contributed by atoms with E-state index in [1.165, 1.54) is 0 Å². The molecule has 1 saturated heterocycles. The van der Waals surface area contributed by atoms with Crippen LogP contribution in [0.5, 0.6) is 5.75 Å². The minimum atomic E-state index is 0.305. The third-order valence-electron chi connectivity index (χ3n) is 3.94. The highest BCUT2D eigenvalue weighted by atomic mass is 35.5. The second-order valence-electron chi connectivity index (χ2n) is 6.08. The maximum Gasteiger partial charge on any atom is 0.119 e. The Labute approximate surface area is 144 Å². The number of hydrogen-bond donors (Lipinski definition) is 0. The van der Waals surface area contributed by atoms with Gasteiger partial charge in [0.05, 0.1) is 25.4 Å². The Morgan fingerprint density at radius 2 is 1.91 bits per heavy atom. The second kappa shape index (κ2) is 9.48. The first-order valence-electron chi connectivity index (χ1n) is 8.45. The average Bonchev–Trinajstić information content (AvgIpc) is 2.51. The van der Waals surface area contributed by atoms with Gasteiger partial charge in [-0.2, -0.15) is 0 Å². The summed E-state index contributed by atoms with van der Waals surface area (Å²) < 4.78 is 17.1. The van der Waals surface area contributed by atoms with Crippen molar-refractivity contribution < 1.29 is 14.2 Å². The van der Waals surface area contributed by atoms with Gasteiger partial charge in [0, 0.05) is 24.7 Å². The van der Waals surface area contributed by atoms with Gasteiger partial charge in [-0.3, -0.25) is 4.90 Å². The van der Waals surface area contributed by atoms with Crippen molar-refractivity contribution in [3.63, 3.8) is 0 Å². The summed E-state index contributed by atoms with van der Waals surface area (Å²) in [5.41, 5.74) is 1.11. The summed E-state index contributed by atoms with van der Waals surface area (Å²) in [6.45, 7) is 11.1. The van der Waals surface area contributed by atoms with E-state index in [0.717, 1.165) is 49.0 Å². The van der Waals surface area contributed by atoms with Crippen molar-refractivity contribution in [2.75, 3.05) is 39.5 Å². The summed E-state index contributed by atoms with van der Waals surface area (Å²) in [7, 11) is 0. The predicted octanol–water partition coefficient (Wildman–Crippen LogP) is 3.41. The fourth-order valence-electron chi connectivity index (χ4n) is 2.89. The molecule has 0 aliphatic carbocycles. The van der Waals surface area contributed by atoms with Gasteiger partial charge in [0.25, 0.3) is 0 Å². The van der Waals surface area contributed by atoms with Gasteiger partial charge in [0.1, 0.15) is 12.4 Å². The van der Waals surface area contributed by atoms with Gasteiger partial charge in [-0.15, -0.1) is 0 Å². The maximum atomic E-state index is 6.10. The summed E-state index contributed by atoms with van der Waals surface area (Å²) in [5.74, 6) is 0.852. The van der Waals surface area contributed by atoms with Crippen molar-refractivity contribution in [3.8, 4) is 5.75 Å². The van der Waals surface area contributed by atoms with Crippen LogP contribution >= 0.6 is 11.6 Å². The molecule has 2 atom stereocenters. The Bertz CT molecular complexity index is 473. The molecule has 1 aromatic carbocycles. The van der Waals surface area contributed by atoms with E-state index in [1.807, 2.05) is 18.2 Å². The highest BCUT2D eigenvalue weighted by Gasteiger charge is 2.21. The second-order valence-corrected chi connectivity index (χ2v) is 6.49. The molecular formula is C18H28ClNO3. The van der Waals surface area contributed by atoms with Crippen molar-refractivity contribution in [1.82, 2.24) is 4.90 Å². The van der Waals surface area contributed by atoms with Crippen LogP contribution in [0.25, 0.3) is 0 Å². The van der Waals surface area contributed by atoms with Crippen molar-refractivity contribution in [2.24, 2.45) is 0 Å². The lowest BCUT2D eigenvalue weighted by atomic mass is 10.1. The summed E-state index contributed by atoms with van der Waals surface area (Å²) in [6, 6.07) is 5.79. The van der Waals surface area contributed by atoms with Gasteiger partial charge in [-0.25, -0.2) is 0 Å². The van der Waals surface area contributed by atoms with Crippen molar-refractivity contribution >= 4 is 11.6 Å². The third kappa shape index (κ3) is 6.30. The zero-order chi connectivity index (χ0) is 16.7. The molecule has 1 aromatic rings. The fraction of sp³-hybridized carbons (Fsp3) is 0.667. The quantitative estimate of drug-likeness (QED) is 0.678. The zero-order valence-corrected chi connectivity index (χ0v) is 15.1. The highest BCUT2D eigenvalue weighted by molar-refractivity contribution is 6.31. The smallest absolute Gasteiger partial charge is 0.119 e. The molecule has 0 bridgehead atoms. The molecule has 0 saturated carbocycles. The van der Waals surface area contributed by atoms with Crippen LogP contribution in [0.4, 0.5) is 0 Å². The predicted molar refractivity (Wildman–Crippen MR) is 93.6 cm³/mol. The van der Waals surface area contributed by atoms with Crippen LogP contribution in [0.2, 0.25) is 5.02 Å². The molecule has 0 N–H and O–H groups in total. The molecule has 0 unspecified atom stereocenters. The van der Waals surface area contributed by atoms with Crippen LogP contribution in [-0.4, -0.2) is 56.6 Å². The molecule has 0 spiro atoms. The van der Waals surface area contributed by atoms with E-state index >= 15 is 0 Å². The summed E-state index contributed by atoms with van der Waals surface area (Å²) >= 11 is 6.10. The van der Waals surface area contributed by atoms with Crippen LogP contribution in [0.15, 0.2) is 18.2 Å². The largest absolute Gasteiger partial charge is 0.491 e. The van der Waals surface area contributed by atoms with Gasteiger partial charge < -0.3 is 14.2 Å². The number of benzene rings is 1. The van der Waals surface area contributed by atoms with Crippen molar-refractivity contribution in [1.29, 1.82) is 0 Å². The lowest BCUT2D eigenvalue weighted by Gasteiger charge is -2.35. The standard InChI is InChI=1S/C18H28ClNO3/c1-4-16-11-17(5-6-18(16)19)22-10-9-21-8-7-20-12-14(2)23-15(3)13-20/h5-6,11,14-15H,4,7-10,12-13H2,1-3H3/t14-,15+. The van der Waals surface area contributed by atoms with E-state index in [4.69, 9.17) is 25.8 Å². The number of hydrogen-bond acceptors (Lipinski definition) is 4. The number of ether oxygens (including phenoxy) is 3. The van der Waals surface area contributed by atoms with Crippen LogP contribution < -0.4 is 4.74 Å². The Balaban J connectivity index is 1.59. The number of halogens is 1. The Hall–Kier alpha value is -0.810. The van der Waals surface area contributed by atoms with Gasteiger partial charge in [0.15, 0.2) is 0 Å². The zero-order valence-electron chi connectivity index (χ0n) is 14.4. The molecule has 130 valence electrons. The first-order valence-corrected chi connectivity index (χ1v) is 8.83. The van der Waals surface area contributed by atoms with E-state index in [0.29, 0.717) is 25.4 Å². The van der Waals surface area contributed by atoms with Crippen LogP contribution in [0.1, 0.15) is 26.3 Å². The lowest BCUT2D eigenvalue weighted by Crippen LogP contribution is -2.46. The fourth-order valence-corrected chi connectivity index (χ4v) is 3.14. The SMILES string of the molecule is CCc1cc(OCCOCCN2C[C@@H](C)O[C@@H](C)C2)ccc1Cl. The van der Waals surface area contributed by atoms with Crippen LogP contribution in [0.3, 0.4) is 0 Å². The molecule has 2 rings (SSSR count). The number of nitrogens with zero attached hydrogens (tertiary/aromatic N) is 1. The lowest BCUT2D eigenvalue weighted by molar-refractivity contribution is -0.0734. The molecule has 1 aliphatic rings. The summed E-state index contributed by atoms with van der Waals surface area (Å²) in [5, 5.41) is 0.796. The topological polar surface area (TPSA) is 30.9 Å². The Morgan fingerprint density at radius 3 is 2.61 bits per heavy atom. The molecule has 0 radical (unpaired) electrons. The molecule has 0 aromatic heterocycles. The van der Waals surface area contributed by atoms with Crippen molar-refractivity contribution in [2.45, 2.75) is 39.4 Å². The molecular weight excluding hydrogens is 314 g/mol. The molecule has 1 fully saturated rings. The van der Waals surface area contributed by atoms with E-state index in [1.54, 1.807) is 0 Å².